The number of benzene rings is 2. The van der Waals surface area contributed by atoms with Crippen molar-refractivity contribution in [2.24, 2.45) is 0 Å². The van der Waals surface area contributed by atoms with Gasteiger partial charge in [-0.25, -0.2) is 9.37 Å². The van der Waals surface area contributed by atoms with Crippen LogP contribution in [0.5, 0.6) is 0 Å². The SMILES string of the molecule is C=Cc1cnc2ccc(Br)cc2c1N(C)c1nc(-c2ccc(F)cc2)c(C#N)s1. The largest absolute Gasteiger partial charge is 0.320 e. The van der Waals surface area contributed by atoms with Gasteiger partial charge in [-0.15, -0.1) is 0 Å². The Morgan fingerprint density at radius 1 is 1.24 bits per heavy atom. The second kappa shape index (κ2) is 7.74. The summed E-state index contributed by atoms with van der Waals surface area (Å²) in [6.07, 6.45) is 3.52. The molecule has 29 heavy (non-hydrogen) atoms. The van der Waals surface area contributed by atoms with E-state index in [-0.39, 0.29) is 5.82 Å². The zero-order valence-corrected chi connectivity index (χ0v) is 17.8. The zero-order chi connectivity index (χ0) is 20.5. The first kappa shape index (κ1) is 19.2. The predicted octanol–water partition coefficient (Wildman–Crippen LogP) is 6.54. The topological polar surface area (TPSA) is 52.8 Å². The summed E-state index contributed by atoms with van der Waals surface area (Å²) >= 11 is 4.81. The molecule has 0 unspecified atom stereocenters. The molecular weight excluding hydrogens is 451 g/mol. The Morgan fingerprint density at radius 2 is 2.00 bits per heavy atom. The summed E-state index contributed by atoms with van der Waals surface area (Å²) in [6.45, 7) is 3.91. The summed E-state index contributed by atoms with van der Waals surface area (Å²) in [5, 5.41) is 11.2. The number of anilines is 2. The van der Waals surface area contributed by atoms with Gasteiger partial charge >= 0.3 is 0 Å². The molecular formula is C22H14BrFN4S. The molecule has 0 spiro atoms. The Labute approximate surface area is 179 Å². The first-order chi connectivity index (χ1) is 14.0. The molecule has 0 aliphatic carbocycles. The van der Waals surface area contributed by atoms with E-state index < -0.39 is 0 Å². The minimum absolute atomic E-state index is 0.329. The monoisotopic (exact) mass is 464 g/mol. The van der Waals surface area contributed by atoms with E-state index in [0.717, 1.165) is 26.6 Å². The minimum Gasteiger partial charge on any atom is -0.320 e. The average molecular weight is 465 g/mol. The molecule has 0 N–H and O–H groups in total. The summed E-state index contributed by atoms with van der Waals surface area (Å²) in [5.41, 5.74) is 3.84. The first-order valence-corrected chi connectivity index (χ1v) is 10.2. The highest BCUT2D eigenvalue weighted by molar-refractivity contribution is 9.10. The van der Waals surface area contributed by atoms with Gasteiger partial charge in [0.25, 0.3) is 0 Å². The molecule has 0 aliphatic heterocycles. The number of thiazole rings is 1. The van der Waals surface area contributed by atoms with Crippen molar-refractivity contribution in [2.45, 2.75) is 0 Å². The Balaban J connectivity index is 1.89. The van der Waals surface area contributed by atoms with Crippen LogP contribution in [0.15, 0.2) is 59.7 Å². The van der Waals surface area contributed by atoms with Gasteiger partial charge in [-0.2, -0.15) is 5.26 Å². The van der Waals surface area contributed by atoms with Crippen LogP contribution in [0.2, 0.25) is 0 Å². The molecule has 0 radical (unpaired) electrons. The molecule has 0 amide bonds. The van der Waals surface area contributed by atoms with Gasteiger partial charge in [0.1, 0.15) is 22.5 Å². The lowest BCUT2D eigenvalue weighted by Gasteiger charge is -2.20. The summed E-state index contributed by atoms with van der Waals surface area (Å²) < 4.78 is 14.2. The maximum Gasteiger partial charge on any atom is 0.191 e. The Morgan fingerprint density at radius 3 is 2.69 bits per heavy atom. The Kier molecular flexibility index (Phi) is 5.14. The molecule has 2 aromatic heterocycles. The molecule has 2 aromatic carbocycles. The van der Waals surface area contributed by atoms with Crippen molar-refractivity contribution in [2.75, 3.05) is 11.9 Å². The number of pyridine rings is 1. The molecule has 2 heterocycles. The normalized spacial score (nSPS) is 10.7. The Hall–Kier alpha value is -3.08. The number of fused-ring (bicyclic) bond motifs is 1. The van der Waals surface area contributed by atoms with Gasteiger partial charge in [0, 0.05) is 34.2 Å². The van der Waals surface area contributed by atoms with Crippen LogP contribution < -0.4 is 4.90 Å². The molecule has 0 saturated carbocycles. The summed E-state index contributed by atoms with van der Waals surface area (Å²) in [6, 6.07) is 14.1. The van der Waals surface area contributed by atoms with Gasteiger partial charge in [0.2, 0.25) is 0 Å². The molecule has 0 saturated heterocycles. The van der Waals surface area contributed by atoms with Crippen molar-refractivity contribution in [3.05, 3.63) is 76.0 Å². The van der Waals surface area contributed by atoms with E-state index in [1.165, 1.54) is 23.5 Å². The van der Waals surface area contributed by atoms with E-state index >= 15 is 0 Å². The second-order valence-corrected chi connectivity index (χ2v) is 8.17. The number of hydrogen-bond acceptors (Lipinski definition) is 5. The molecule has 0 aliphatic rings. The van der Waals surface area contributed by atoms with Crippen LogP contribution in [0.25, 0.3) is 28.2 Å². The number of halogens is 2. The van der Waals surface area contributed by atoms with Gasteiger partial charge in [-0.05, 0) is 42.5 Å². The molecule has 0 atom stereocenters. The third-order valence-electron chi connectivity index (χ3n) is 4.51. The maximum atomic E-state index is 13.3. The van der Waals surface area contributed by atoms with Crippen LogP contribution in [0.1, 0.15) is 10.4 Å². The number of rotatable bonds is 4. The van der Waals surface area contributed by atoms with Crippen LogP contribution in [0.3, 0.4) is 0 Å². The molecule has 7 heteroatoms. The molecule has 4 rings (SSSR count). The molecule has 142 valence electrons. The smallest absolute Gasteiger partial charge is 0.191 e. The number of aromatic nitrogens is 2. The summed E-state index contributed by atoms with van der Waals surface area (Å²) in [4.78, 5) is 11.6. The molecule has 4 nitrogen and oxygen atoms in total. The van der Waals surface area contributed by atoms with Crippen LogP contribution in [0, 0.1) is 17.1 Å². The summed E-state index contributed by atoms with van der Waals surface area (Å²) in [7, 11) is 1.90. The van der Waals surface area contributed by atoms with Crippen molar-refractivity contribution in [1.29, 1.82) is 5.26 Å². The van der Waals surface area contributed by atoms with E-state index in [1.807, 2.05) is 30.1 Å². The quantitative estimate of drug-likeness (QED) is 0.343. The lowest BCUT2D eigenvalue weighted by molar-refractivity contribution is 0.628. The molecule has 4 aromatic rings. The van der Waals surface area contributed by atoms with Gasteiger partial charge in [0.05, 0.1) is 11.2 Å². The van der Waals surface area contributed by atoms with E-state index in [9.17, 15) is 9.65 Å². The fourth-order valence-corrected chi connectivity index (χ4v) is 4.33. The summed E-state index contributed by atoms with van der Waals surface area (Å²) in [5.74, 6) is -0.329. The van der Waals surface area contributed by atoms with E-state index in [1.54, 1.807) is 24.4 Å². The molecule has 0 bridgehead atoms. The highest BCUT2D eigenvalue weighted by atomic mass is 79.9. The number of nitriles is 1. The highest BCUT2D eigenvalue weighted by Crippen LogP contribution is 2.39. The van der Waals surface area contributed by atoms with Crippen LogP contribution in [-0.4, -0.2) is 17.0 Å². The van der Waals surface area contributed by atoms with Gasteiger partial charge < -0.3 is 4.90 Å². The first-order valence-electron chi connectivity index (χ1n) is 8.63. The van der Waals surface area contributed by atoms with Gasteiger partial charge in [0.15, 0.2) is 5.13 Å². The standard InChI is InChI=1S/C22H14BrFN4S/c1-3-13-12-26-18-9-6-15(23)10-17(18)21(13)28(2)22-27-20(19(11-25)29-22)14-4-7-16(24)8-5-14/h3-10,12H,1H2,2H3. The number of nitrogens with zero attached hydrogens (tertiary/aromatic N) is 4. The van der Waals surface area contributed by atoms with E-state index in [4.69, 9.17) is 4.98 Å². The van der Waals surface area contributed by atoms with Crippen LogP contribution >= 0.6 is 27.3 Å². The lowest BCUT2D eigenvalue weighted by Crippen LogP contribution is -2.11. The second-order valence-electron chi connectivity index (χ2n) is 6.28. The van der Waals surface area contributed by atoms with E-state index in [0.29, 0.717) is 21.3 Å². The van der Waals surface area contributed by atoms with Crippen molar-refractivity contribution in [3.8, 4) is 17.3 Å². The highest BCUT2D eigenvalue weighted by Gasteiger charge is 2.20. The van der Waals surface area contributed by atoms with Crippen LogP contribution in [0.4, 0.5) is 15.2 Å². The Bertz CT molecular complexity index is 1270. The predicted molar refractivity (Wildman–Crippen MR) is 120 cm³/mol. The third kappa shape index (κ3) is 3.53. The fourth-order valence-electron chi connectivity index (χ4n) is 3.12. The lowest BCUT2D eigenvalue weighted by atomic mass is 10.1. The third-order valence-corrected chi connectivity index (χ3v) is 6.04. The average Bonchev–Trinajstić information content (AvgIpc) is 3.17. The van der Waals surface area contributed by atoms with Crippen LogP contribution in [-0.2, 0) is 0 Å². The van der Waals surface area contributed by atoms with Crippen molar-refractivity contribution in [3.63, 3.8) is 0 Å². The molecule has 0 fully saturated rings. The van der Waals surface area contributed by atoms with Crippen molar-refractivity contribution >= 4 is 55.1 Å². The van der Waals surface area contributed by atoms with Crippen molar-refractivity contribution < 1.29 is 4.39 Å². The fraction of sp³-hybridized carbons (Fsp3) is 0.0455. The number of hydrogen-bond donors (Lipinski definition) is 0. The van der Waals surface area contributed by atoms with Gasteiger partial charge in [-0.3, -0.25) is 4.98 Å². The zero-order valence-electron chi connectivity index (χ0n) is 15.4. The van der Waals surface area contributed by atoms with E-state index in [2.05, 4.69) is 33.6 Å². The van der Waals surface area contributed by atoms with Crippen molar-refractivity contribution in [1.82, 2.24) is 9.97 Å². The van der Waals surface area contributed by atoms with Gasteiger partial charge in [-0.1, -0.05) is 39.9 Å². The maximum absolute atomic E-state index is 13.3. The minimum atomic E-state index is -0.329.